The first-order valence-electron chi connectivity index (χ1n) is 8.23. The predicted octanol–water partition coefficient (Wildman–Crippen LogP) is 4.53. The first-order chi connectivity index (χ1) is 10.8. The van der Waals surface area contributed by atoms with Gasteiger partial charge in [0.2, 0.25) is 5.91 Å². The number of carbonyl (C=O) groups is 1. The number of piperidine rings is 1. The molecule has 1 fully saturated rings. The van der Waals surface area contributed by atoms with Gasteiger partial charge in [-0.3, -0.25) is 4.79 Å². The molecular formula is C18H24F3NO. The number of hydrogen-bond acceptors (Lipinski definition) is 1. The van der Waals surface area contributed by atoms with Gasteiger partial charge in [0, 0.05) is 19.0 Å². The molecule has 0 radical (unpaired) electrons. The van der Waals surface area contributed by atoms with Crippen LogP contribution in [0.2, 0.25) is 0 Å². The average Bonchev–Trinajstić information content (AvgIpc) is 2.51. The van der Waals surface area contributed by atoms with Crippen molar-refractivity contribution in [1.29, 1.82) is 0 Å². The summed E-state index contributed by atoms with van der Waals surface area (Å²) >= 11 is 0. The Hall–Kier alpha value is -1.52. The van der Waals surface area contributed by atoms with E-state index in [4.69, 9.17) is 0 Å². The minimum absolute atomic E-state index is 0.0281. The van der Waals surface area contributed by atoms with Crippen LogP contribution >= 0.6 is 0 Å². The summed E-state index contributed by atoms with van der Waals surface area (Å²) in [6, 6.07) is 5.78. The summed E-state index contributed by atoms with van der Waals surface area (Å²) in [6.07, 6.45) is -1.29. The van der Waals surface area contributed by atoms with Gasteiger partial charge in [0.25, 0.3) is 0 Å². The lowest BCUT2D eigenvalue weighted by Gasteiger charge is -2.34. The second kappa shape index (κ2) is 7.37. The van der Waals surface area contributed by atoms with Crippen LogP contribution in [-0.4, -0.2) is 23.9 Å². The van der Waals surface area contributed by atoms with Crippen LogP contribution in [0.1, 0.15) is 44.2 Å². The molecule has 5 heteroatoms. The third kappa shape index (κ3) is 4.72. The Morgan fingerprint density at radius 3 is 2.65 bits per heavy atom. The number of hydrogen-bond donors (Lipinski definition) is 0. The Labute approximate surface area is 135 Å². The van der Waals surface area contributed by atoms with Gasteiger partial charge >= 0.3 is 6.18 Å². The lowest BCUT2D eigenvalue weighted by atomic mass is 9.90. The Kier molecular flexibility index (Phi) is 5.71. The van der Waals surface area contributed by atoms with Crippen LogP contribution in [0.25, 0.3) is 0 Å². The minimum Gasteiger partial charge on any atom is -0.342 e. The van der Waals surface area contributed by atoms with Gasteiger partial charge in [0.05, 0.1) is 5.56 Å². The zero-order chi connectivity index (χ0) is 17.0. The zero-order valence-electron chi connectivity index (χ0n) is 13.7. The van der Waals surface area contributed by atoms with E-state index in [1.165, 1.54) is 6.07 Å². The third-order valence-corrected chi connectivity index (χ3v) is 4.47. The van der Waals surface area contributed by atoms with E-state index in [-0.39, 0.29) is 17.7 Å². The zero-order valence-corrected chi connectivity index (χ0v) is 13.7. The molecule has 2 nitrogen and oxygen atoms in total. The van der Waals surface area contributed by atoms with E-state index in [9.17, 15) is 18.0 Å². The fourth-order valence-corrected chi connectivity index (χ4v) is 3.24. The highest BCUT2D eigenvalue weighted by Gasteiger charge is 2.33. The molecule has 0 unspecified atom stereocenters. The molecule has 0 aliphatic carbocycles. The maximum Gasteiger partial charge on any atom is 0.416 e. The highest BCUT2D eigenvalue weighted by Crippen LogP contribution is 2.33. The highest BCUT2D eigenvalue weighted by atomic mass is 19.4. The van der Waals surface area contributed by atoms with Crippen molar-refractivity contribution in [2.24, 2.45) is 11.8 Å². The molecule has 23 heavy (non-hydrogen) atoms. The molecule has 0 saturated carbocycles. The van der Waals surface area contributed by atoms with Crippen LogP contribution in [0.5, 0.6) is 0 Å². The smallest absolute Gasteiger partial charge is 0.342 e. The fraction of sp³-hybridized carbons (Fsp3) is 0.611. The number of halogens is 3. The molecule has 0 aromatic heterocycles. The summed E-state index contributed by atoms with van der Waals surface area (Å²) in [5.41, 5.74) is -0.182. The number of likely N-dealkylation sites (tertiary alicyclic amines) is 1. The molecule has 1 aliphatic heterocycles. The van der Waals surface area contributed by atoms with Crippen molar-refractivity contribution >= 4 is 5.91 Å². The quantitative estimate of drug-likeness (QED) is 0.795. The lowest BCUT2D eigenvalue weighted by Crippen LogP contribution is -2.42. The van der Waals surface area contributed by atoms with Gasteiger partial charge in [-0.1, -0.05) is 32.0 Å². The van der Waals surface area contributed by atoms with E-state index < -0.39 is 11.7 Å². The van der Waals surface area contributed by atoms with Crippen LogP contribution in [-0.2, 0) is 17.4 Å². The van der Waals surface area contributed by atoms with E-state index in [2.05, 4.69) is 0 Å². The maximum absolute atomic E-state index is 13.0. The van der Waals surface area contributed by atoms with Gasteiger partial charge in [-0.25, -0.2) is 0 Å². The number of nitrogens with zero attached hydrogens (tertiary/aromatic N) is 1. The highest BCUT2D eigenvalue weighted by molar-refractivity contribution is 5.78. The second-order valence-corrected chi connectivity index (χ2v) is 6.64. The Bertz CT molecular complexity index is 539. The van der Waals surface area contributed by atoms with Crippen molar-refractivity contribution in [3.8, 4) is 0 Å². The predicted molar refractivity (Wildman–Crippen MR) is 83.9 cm³/mol. The largest absolute Gasteiger partial charge is 0.416 e. The molecule has 128 valence electrons. The molecule has 0 spiro atoms. The van der Waals surface area contributed by atoms with Gasteiger partial charge in [-0.05, 0) is 43.2 Å². The number of alkyl halides is 3. The first kappa shape index (κ1) is 17.8. The number of rotatable bonds is 4. The van der Waals surface area contributed by atoms with Crippen LogP contribution in [0.3, 0.4) is 0 Å². The number of amides is 1. The molecule has 1 saturated heterocycles. The van der Waals surface area contributed by atoms with Crippen molar-refractivity contribution < 1.29 is 18.0 Å². The van der Waals surface area contributed by atoms with Gasteiger partial charge in [-0.15, -0.1) is 0 Å². The van der Waals surface area contributed by atoms with Gasteiger partial charge in [0.15, 0.2) is 0 Å². The topological polar surface area (TPSA) is 20.3 Å². The van der Waals surface area contributed by atoms with E-state index in [0.717, 1.165) is 25.5 Å². The molecule has 1 heterocycles. The lowest BCUT2D eigenvalue weighted by molar-refractivity contribution is -0.138. The Morgan fingerprint density at radius 1 is 1.30 bits per heavy atom. The van der Waals surface area contributed by atoms with E-state index >= 15 is 0 Å². The molecule has 1 aliphatic rings. The third-order valence-electron chi connectivity index (χ3n) is 4.47. The van der Waals surface area contributed by atoms with Gasteiger partial charge in [-0.2, -0.15) is 13.2 Å². The summed E-state index contributed by atoms with van der Waals surface area (Å²) in [6.45, 7) is 5.20. The molecule has 1 amide bonds. The second-order valence-electron chi connectivity index (χ2n) is 6.64. The fourth-order valence-electron chi connectivity index (χ4n) is 3.24. The maximum atomic E-state index is 13.0. The molecule has 1 atom stereocenters. The molecule has 1 aromatic rings. The normalized spacial score (nSPS) is 19.2. The summed E-state index contributed by atoms with van der Waals surface area (Å²) in [7, 11) is 0. The summed E-state index contributed by atoms with van der Waals surface area (Å²) in [4.78, 5) is 13.9. The van der Waals surface area contributed by atoms with E-state index in [1.807, 2.05) is 18.7 Å². The number of carbonyl (C=O) groups excluding carboxylic acids is 1. The molecule has 1 aromatic carbocycles. The first-order valence-corrected chi connectivity index (χ1v) is 8.23. The van der Waals surface area contributed by atoms with Crippen LogP contribution in [0.4, 0.5) is 13.2 Å². The van der Waals surface area contributed by atoms with Gasteiger partial charge in [0.1, 0.15) is 0 Å². The van der Waals surface area contributed by atoms with Crippen molar-refractivity contribution in [2.45, 2.75) is 45.7 Å². The molecular weight excluding hydrogens is 303 g/mol. The average molecular weight is 327 g/mol. The standard InChI is InChI=1S/C18H24F3NO/c1-13(2)17(23)22-11-5-6-14(12-22)9-10-15-7-3-4-8-16(15)18(19,20)21/h3-4,7-8,13-14H,5-6,9-12H2,1-2H3/t14-/m1/s1. The van der Waals surface area contributed by atoms with Crippen LogP contribution in [0, 0.1) is 11.8 Å². The Morgan fingerprint density at radius 2 is 2.00 bits per heavy atom. The van der Waals surface area contributed by atoms with Crippen LogP contribution < -0.4 is 0 Å². The van der Waals surface area contributed by atoms with Crippen molar-refractivity contribution in [3.63, 3.8) is 0 Å². The summed E-state index contributed by atoms with van der Waals surface area (Å²) < 4.78 is 39.1. The molecule has 0 N–H and O–H groups in total. The SMILES string of the molecule is CC(C)C(=O)N1CCC[C@H](CCc2ccccc2C(F)(F)F)C1. The van der Waals surface area contributed by atoms with E-state index in [1.54, 1.807) is 12.1 Å². The monoisotopic (exact) mass is 327 g/mol. The van der Waals surface area contributed by atoms with E-state index in [0.29, 0.717) is 24.9 Å². The minimum atomic E-state index is -4.30. The number of aryl methyl sites for hydroxylation is 1. The van der Waals surface area contributed by atoms with Crippen molar-refractivity contribution in [3.05, 3.63) is 35.4 Å². The molecule has 0 bridgehead atoms. The molecule has 2 rings (SSSR count). The summed E-state index contributed by atoms with van der Waals surface area (Å²) in [5.74, 6) is 0.401. The number of benzene rings is 1. The summed E-state index contributed by atoms with van der Waals surface area (Å²) in [5, 5.41) is 0. The van der Waals surface area contributed by atoms with Gasteiger partial charge < -0.3 is 4.90 Å². The van der Waals surface area contributed by atoms with Crippen LogP contribution in [0.15, 0.2) is 24.3 Å². The van der Waals surface area contributed by atoms with Crippen molar-refractivity contribution in [1.82, 2.24) is 4.90 Å². The van der Waals surface area contributed by atoms with Crippen molar-refractivity contribution in [2.75, 3.05) is 13.1 Å². The Balaban J connectivity index is 1.98.